The number of hydrogen-bond donors (Lipinski definition) is 1. The number of nitrogens with zero attached hydrogens (tertiary/aromatic N) is 1. The summed E-state index contributed by atoms with van der Waals surface area (Å²) in [5.74, 6) is -1.28. The summed E-state index contributed by atoms with van der Waals surface area (Å²) < 4.78 is 13.3. The number of carbonyl (C=O) groups is 2. The Morgan fingerprint density at radius 1 is 1.62 bits per heavy atom. The summed E-state index contributed by atoms with van der Waals surface area (Å²) in [5.41, 5.74) is -2.05. The molecule has 0 radical (unpaired) electrons. The van der Waals surface area contributed by atoms with Gasteiger partial charge >= 0.3 is 0 Å². The number of ketones is 1. The number of likely N-dealkylation sites (tertiary alicyclic amines) is 1. The first-order chi connectivity index (χ1) is 6.03. The number of aliphatic hydroxyl groups excluding tert-OH is 1. The standard InChI is InChI=1S/C8H10FNO3/c1-2-7(13)10-4-8(9,5-10)6(12)3-11/h2,11H,1,3-5H2. The number of carbonyl (C=O) groups excluding carboxylic acids is 2. The largest absolute Gasteiger partial charge is 0.388 e. The van der Waals surface area contributed by atoms with Crippen LogP contribution < -0.4 is 0 Å². The van der Waals surface area contributed by atoms with E-state index in [1.165, 1.54) is 0 Å². The van der Waals surface area contributed by atoms with Crippen LogP contribution in [0.15, 0.2) is 12.7 Å². The molecule has 5 heteroatoms. The maximum Gasteiger partial charge on any atom is 0.246 e. The molecule has 0 spiro atoms. The van der Waals surface area contributed by atoms with Gasteiger partial charge in [0.05, 0.1) is 13.1 Å². The first-order valence-corrected chi connectivity index (χ1v) is 3.78. The zero-order valence-corrected chi connectivity index (χ0v) is 6.99. The molecule has 1 aliphatic rings. The normalized spacial score (nSPS) is 19.1. The van der Waals surface area contributed by atoms with Gasteiger partial charge in [0, 0.05) is 0 Å². The van der Waals surface area contributed by atoms with Crippen molar-refractivity contribution in [3.05, 3.63) is 12.7 Å². The smallest absolute Gasteiger partial charge is 0.246 e. The highest BCUT2D eigenvalue weighted by molar-refractivity contribution is 5.94. The van der Waals surface area contributed by atoms with Gasteiger partial charge in [0.15, 0.2) is 5.78 Å². The van der Waals surface area contributed by atoms with Crippen LogP contribution in [-0.2, 0) is 9.59 Å². The van der Waals surface area contributed by atoms with Gasteiger partial charge in [0.2, 0.25) is 11.6 Å². The number of Topliss-reactive ketones (excluding diaryl/α,β-unsaturated/α-hetero) is 1. The predicted octanol–water partition coefficient (Wildman–Crippen LogP) is -0.716. The van der Waals surface area contributed by atoms with E-state index < -0.39 is 24.0 Å². The van der Waals surface area contributed by atoms with E-state index in [9.17, 15) is 14.0 Å². The Kier molecular flexibility index (Phi) is 2.47. The molecule has 1 fully saturated rings. The van der Waals surface area contributed by atoms with E-state index in [0.29, 0.717) is 0 Å². The molecule has 0 aromatic heterocycles. The molecule has 1 N–H and O–H groups in total. The Hall–Kier alpha value is -1.23. The van der Waals surface area contributed by atoms with Crippen LogP contribution in [0.2, 0.25) is 0 Å². The van der Waals surface area contributed by atoms with Crippen LogP contribution >= 0.6 is 0 Å². The van der Waals surface area contributed by atoms with Gasteiger partial charge in [0.25, 0.3) is 0 Å². The van der Waals surface area contributed by atoms with Crippen LogP contribution in [0.25, 0.3) is 0 Å². The quantitative estimate of drug-likeness (QED) is 0.593. The lowest BCUT2D eigenvalue weighted by Crippen LogP contribution is -2.65. The molecule has 0 bridgehead atoms. The molecule has 0 atom stereocenters. The van der Waals surface area contributed by atoms with Crippen molar-refractivity contribution in [2.24, 2.45) is 0 Å². The van der Waals surface area contributed by atoms with E-state index >= 15 is 0 Å². The third-order valence-corrected chi connectivity index (χ3v) is 2.01. The van der Waals surface area contributed by atoms with Gasteiger partial charge in [-0.2, -0.15) is 0 Å². The Bertz CT molecular complexity index is 258. The fraction of sp³-hybridized carbons (Fsp3) is 0.500. The molecule has 0 aliphatic carbocycles. The highest BCUT2D eigenvalue weighted by Crippen LogP contribution is 2.26. The van der Waals surface area contributed by atoms with E-state index in [2.05, 4.69) is 6.58 Å². The number of alkyl halides is 1. The first kappa shape index (κ1) is 9.85. The van der Waals surface area contributed by atoms with E-state index in [1.807, 2.05) is 0 Å². The maximum absolute atomic E-state index is 13.3. The minimum absolute atomic E-state index is 0.281. The number of aliphatic hydroxyl groups is 1. The van der Waals surface area contributed by atoms with E-state index in [4.69, 9.17) is 5.11 Å². The molecule has 72 valence electrons. The van der Waals surface area contributed by atoms with Crippen LogP contribution in [0.1, 0.15) is 0 Å². The van der Waals surface area contributed by atoms with Crippen molar-refractivity contribution in [2.75, 3.05) is 19.7 Å². The van der Waals surface area contributed by atoms with Gasteiger partial charge in [-0.1, -0.05) is 6.58 Å². The Morgan fingerprint density at radius 3 is 2.54 bits per heavy atom. The summed E-state index contributed by atoms with van der Waals surface area (Å²) in [5, 5.41) is 8.40. The Labute approximate surface area is 74.6 Å². The molecule has 13 heavy (non-hydrogen) atoms. The average Bonchev–Trinajstić information content (AvgIpc) is 2.10. The van der Waals surface area contributed by atoms with Crippen molar-refractivity contribution in [3.63, 3.8) is 0 Å². The van der Waals surface area contributed by atoms with Crippen LogP contribution in [0.5, 0.6) is 0 Å². The van der Waals surface area contributed by atoms with Crippen molar-refractivity contribution in [2.45, 2.75) is 5.67 Å². The molecule has 0 unspecified atom stereocenters. The summed E-state index contributed by atoms with van der Waals surface area (Å²) in [6.07, 6.45) is 1.06. The van der Waals surface area contributed by atoms with Gasteiger partial charge in [-0.3, -0.25) is 9.59 Å². The second-order valence-electron chi connectivity index (χ2n) is 2.95. The third kappa shape index (κ3) is 1.60. The molecule has 0 aromatic rings. The Balaban J connectivity index is 2.52. The van der Waals surface area contributed by atoms with Crippen molar-refractivity contribution in [1.29, 1.82) is 0 Å². The molecule has 1 aliphatic heterocycles. The highest BCUT2D eigenvalue weighted by Gasteiger charge is 2.50. The van der Waals surface area contributed by atoms with Gasteiger partial charge in [-0.25, -0.2) is 4.39 Å². The minimum atomic E-state index is -2.05. The molecular formula is C8H10FNO3. The molecule has 0 aromatic carbocycles. The van der Waals surface area contributed by atoms with Crippen LogP contribution in [0, 0.1) is 0 Å². The number of halogens is 1. The molecule has 1 amide bonds. The van der Waals surface area contributed by atoms with E-state index in [0.717, 1.165) is 11.0 Å². The molecule has 1 saturated heterocycles. The lowest BCUT2D eigenvalue weighted by atomic mass is 9.91. The predicted molar refractivity (Wildman–Crippen MR) is 42.7 cm³/mol. The van der Waals surface area contributed by atoms with E-state index in [1.54, 1.807) is 0 Å². The SMILES string of the molecule is C=CC(=O)N1CC(F)(C(=O)CO)C1. The first-order valence-electron chi connectivity index (χ1n) is 3.78. The van der Waals surface area contributed by atoms with Crippen LogP contribution in [-0.4, -0.2) is 47.1 Å². The molecule has 1 heterocycles. The highest BCUT2D eigenvalue weighted by atomic mass is 19.1. The zero-order valence-electron chi connectivity index (χ0n) is 6.99. The molecule has 0 saturated carbocycles. The number of amides is 1. The third-order valence-electron chi connectivity index (χ3n) is 2.01. The van der Waals surface area contributed by atoms with Gasteiger partial charge in [-0.15, -0.1) is 0 Å². The molecular weight excluding hydrogens is 177 g/mol. The lowest BCUT2D eigenvalue weighted by Gasteiger charge is -2.42. The summed E-state index contributed by atoms with van der Waals surface area (Å²) in [7, 11) is 0. The molecule has 1 rings (SSSR count). The maximum atomic E-state index is 13.3. The summed E-state index contributed by atoms with van der Waals surface area (Å²) >= 11 is 0. The van der Waals surface area contributed by atoms with Gasteiger partial charge in [0.1, 0.15) is 6.61 Å². The second kappa shape index (κ2) is 3.26. The van der Waals surface area contributed by atoms with Gasteiger partial charge < -0.3 is 10.0 Å². The molecule has 4 nitrogen and oxygen atoms in total. The fourth-order valence-corrected chi connectivity index (χ4v) is 1.16. The number of rotatable bonds is 3. The minimum Gasteiger partial charge on any atom is -0.388 e. The lowest BCUT2D eigenvalue weighted by molar-refractivity contribution is -0.153. The average molecular weight is 187 g/mol. The van der Waals surface area contributed by atoms with Gasteiger partial charge in [-0.05, 0) is 6.08 Å². The fourth-order valence-electron chi connectivity index (χ4n) is 1.16. The Morgan fingerprint density at radius 2 is 2.15 bits per heavy atom. The van der Waals surface area contributed by atoms with Crippen molar-refractivity contribution in [1.82, 2.24) is 4.90 Å². The van der Waals surface area contributed by atoms with Crippen LogP contribution in [0.3, 0.4) is 0 Å². The second-order valence-corrected chi connectivity index (χ2v) is 2.95. The summed E-state index contributed by atoms with van der Waals surface area (Å²) in [6.45, 7) is 1.84. The number of hydrogen-bond acceptors (Lipinski definition) is 3. The van der Waals surface area contributed by atoms with E-state index in [-0.39, 0.29) is 13.1 Å². The zero-order chi connectivity index (χ0) is 10.1. The van der Waals surface area contributed by atoms with Crippen molar-refractivity contribution in [3.8, 4) is 0 Å². The monoisotopic (exact) mass is 187 g/mol. The topological polar surface area (TPSA) is 57.6 Å². The van der Waals surface area contributed by atoms with Crippen molar-refractivity contribution >= 4 is 11.7 Å². The summed E-state index contributed by atoms with van der Waals surface area (Å²) in [6, 6.07) is 0. The van der Waals surface area contributed by atoms with Crippen molar-refractivity contribution < 1.29 is 19.1 Å². The summed E-state index contributed by atoms with van der Waals surface area (Å²) in [4.78, 5) is 22.8. The van der Waals surface area contributed by atoms with Crippen LogP contribution in [0.4, 0.5) is 4.39 Å².